The summed E-state index contributed by atoms with van der Waals surface area (Å²) in [4.78, 5) is 13.8. The van der Waals surface area contributed by atoms with Gasteiger partial charge in [0.2, 0.25) is 0 Å². The summed E-state index contributed by atoms with van der Waals surface area (Å²) in [5.74, 6) is 0.614. The van der Waals surface area contributed by atoms with Crippen molar-refractivity contribution in [2.24, 2.45) is 0 Å². The van der Waals surface area contributed by atoms with Crippen LogP contribution in [0.3, 0.4) is 0 Å². The van der Waals surface area contributed by atoms with Crippen LogP contribution in [-0.4, -0.2) is 43.2 Å². The lowest BCUT2D eigenvalue weighted by molar-refractivity contribution is -0.141. The predicted molar refractivity (Wildman–Crippen MR) is 73.2 cm³/mol. The minimum Gasteiger partial charge on any atom is -0.484 e. The molecule has 1 aliphatic rings. The summed E-state index contributed by atoms with van der Waals surface area (Å²) >= 11 is 0. The van der Waals surface area contributed by atoms with Crippen LogP contribution in [0.15, 0.2) is 24.3 Å². The van der Waals surface area contributed by atoms with Crippen LogP contribution in [0.5, 0.6) is 5.75 Å². The van der Waals surface area contributed by atoms with Crippen LogP contribution >= 0.6 is 0 Å². The third kappa shape index (κ3) is 3.72. The highest BCUT2D eigenvalue weighted by atomic mass is 16.5. The van der Waals surface area contributed by atoms with Gasteiger partial charge in [-0.05, 0) is 24.6 Å². The fraction of sp³-hybridized carbons (Fsp3) is 0.467. The van der Waals surface area contributed by atoms with Crippen molar-refractivity contribution in [2.75, 3.05) is 26.4 Å². The Labute approximate surface area is 118 Å². The van der Waals surface area contributed by atoms with Crippen molar-refractivity contribution in [3.8, 4) is 11.8 Å². The standard InChI is InChI=1S/C15H18N2O3/c1-12-10-19-9-8-17(12)15(18)11-20-14-4-2-13(3-5-14)6-7-16/h2-5,12H,6,8-11H2,1H3. The quantitative estimate of drug-likeness (QED) is 0.832. The topological polar surface area (TPSA) is 62.6 Å². The van der Waals surface area contributed by atoms with Crippen LogP contribution < -0.4 is 4.74 Å². The Morgan fingerprint density at radius 2 is 2.25 bits per heavy atom. The maximum absolute atomic E-state index is 12.1. The normalized spacial score (nSPS) is 18.4. The molecule has 5 heteroatoms. The van der Waals surface area contributed by atoms with Gasteiger partial charge in [0.15, 0.2) is 6.61 Å². The van der Waals surface area contributed by atoms with Gasteiger partial charge >= 0.3 is 0 Å². The molecule has 1 atom stereocenters. The first kappa shape index (κ1) is 14.4. The van der Waals surface area contributed by atoms with E-state index in [2.05, 4.69) is 6.07 Å². The maximum Gasteiger partial charge on any atom is 0.260 e. The Morgan fingerprint density at radius 3 is 2.90 bits per heavy atom. The van der Waals surface area contributed by atoms with Gasteiger partial charge in [-0.3, -0.25) is 4.79 Å². The van der Waals surface area contributed by atoms with Crippen LogP contribution in [0.4, 0.5) is 0 Å². The molecule has 1 aromatic rings. The molecule has 0 spiro atoms. The highest BCUT2D eigenvalue weighted by molar-refractivity contribution is 5.78. The molecule has 0 N–H and O–H groups in total. The Balaban J connectivity index is 1.85. The van der Waals surface area contributed by atoms with E-state index < -0.39 is 0 Å². The summed E-state index contributed by atoms with van der Waals surface area (Å²) < 4.78 is 10.8. The molecule has 0 aliphatic carbocycles. The lowest BCUT2D eigenvalue weighted by atomic mass is 10.2. The average Bonchev–Trinajstić information content (AvgIpc) is 2.47. The van der Waals surface area contributed by atoms with Gasteiger partial charge in [-0.1, -0.05) is 12.1 Å². The van der Waals surface area contributed by atoms with Crippen molar-refractivity contribution in [3.05, 3.63) is 29.8 Å². The highest BCUT2D eigenvalue weighted by Crippen LogP contribution is 2.13. The van der Waals surface area contributed by atoms with E-state index in [0.717, 1.165) is 5.56 Å². The SMILES string of the molecule is CC1COCCN1C(=O)COc1ccc(CC#N)cc1. The van der Waals surface area contributed by atoms with Crippen molar-refractivity contribution in [1.82, 2.24) is 4.90 Å². The van der Waals surface area contributed by atoms with Gasteiger partial charge in [-0.2, -0.15) is 5.26 Å². The number of carbonyl (C=O) groups excluding carboxylic acids is 1. The third-order valence-electron chi connectivity index (χ3n) is 3.26. The molecule has 1 fully saturated rings. The summed E-state index contributed by atoms with van der Waals surface area (Å²) in [6.45, 7) is 3.77. The van der Waals surface area contributed by atoms with Crippen molar-refractivity contribution < 1.29 is 14.3 Å². The number of morpholine rings is 1. The zero-order valence-corrected chi connectivity index (χ0v) is 11.5. The molecule has 20 heavy (non-hydrogen) atoms. The molecule has 1 unspecified atom stereocenters. The third-order valence-corrected chi connectivity index (χ3v) is 3.26. The first-order valence-electron chi connectivity index (χ1n) is 6.66. The van der Waals surface area contributed by atoms with Gasteiger partial charge in [-0.15, -0.1) is 0 Å². The highest BCUT2D eigenvalue weighted by Gasteiger charge is 2.23. The monoisotopic (exact) mass is 274 g/mol. The summed E-state index contributed by atoms with van der Waals surface area (Å²) in [6, 6.07) is 9.41. The molecule has 1 aliphatic heterocycles. The van der Waals surface area contributed by atoms with Gasteiger partial charge in [0.1, 0.15) is 5.75 Å². The number of hydrogen-bond donors (Lipinski definition) is 0. The second kappa shape index (κ2) is 6.92. The summed E-state index contributed by atoms with van der Waals surface area (Å²) in [5, 5.41) is 8.59. The predicted octanol–water partition coefficient (Wildman–Crippen LogP) is 1.38. The van der Waals surface area contributed by atoms with E-state index in [1.54, 1.807) is 17.0 Å². The minimum absolute atomic E-state index is 0.0260. The number of amides is 1. The number of rotatable bonds is 4. The van der Waals surface area contributed by atoms with Crippen LogP contribution in [0.2, 0.25) is 0 Å². The molecule has 0 saturated carbocycles. The number of carbonyl (C=O) groups is 1. The Kier molecular flexibility index (Phi) is 4.97. The molecular formula is C15H18N2O3. The molecule has 106 valence electrons. The average molecular weight is 274 g/mol. The first-order chi connectivity index (χ1) is 9.70. The van der Waals surface area contributed by atoms with Crippen molar-refractivity contribution in [1.29, 1.82) is 5.26 Å². The summed E-state index contributed by atoms with van der Waals surface area (Å²) in [7, 11) is 0. The van der Waals surface area contributed by atoms with Crippen molar-refractivity contribution in [2.45, 2.75) is 19.4 Å². The minimum atomic E-state index is -0.0260. The van der Waals surface area contributed by atoms with E-state index in [9.17, 15) is 4.79 Å². The Bertz CT molecular complexity index is 493. The Morgan fingerprint density at radius 1 is 1.50 bits per heavy atom. The molecule has 1 heterocycles. The zero-order chi connectivity index (χ0) is 14.4. The van der Waals surface area contributed by atoms with Gasteiger partial charge in [0.25, 0.3) is 5.91 Å². The number of ether oxygens (including phenoxy) is 2. The number of nitrogens with zero attached hydrogens (tertiary/aromatic N) is 2. The molecule has 0 radical (unpaired) electrons. The van der Waals surface area contributed by atoms with Crippen LogP contribution in [-0.2, 0) is 16.0 Å². The van der Waals surface area contributed by atoms with Gasteiger partial charge < -0.3 is 14.4 Å². The summed E-state index contributed by atoms with van der Waals surface area (Å²) in [6.07, 6.45) is 0.379. The van der Waals surface area contributed by atoms with Crippen LogP contribution in [0.25, 0.3) is 0 Å². The molecule has 1 amide bonds. The second-order valence-corrected chi connectivity index (χ2v) is 4.78. The fourth-order valence-corrected chi connectivity index (χ4v) is 2.12. The maximum atomic E-state index is 12.1. The molecule has 5 nitrogen and oxygen atoms in total. The lowest BCUT2D eigenvalue weighted by Crippen LogP contribution is -2.48. The van der Waals surface area contributed by atoms with E-state index in [1.807, 2.05) is 19.1 Å². The van der Waals surface area contributed by atoms with Crippen molar-refractivity contribution >= 4 is 5.91 Å². The molecule has 1 saturated heterocycles. The number of nitriles is 1. The molecule has 2 rings (SSSR count). The molecule has 0 aromatic heterocycles. The van der Waals surface area contributed by atoms with Crippen LogP contribution in [0.1, 0.15) is 12.5 Å². The molecule has 0 bridgehead atoms. The van der Waals surface area contributed by atoms with Gasteiger partial charge in [0.05, 0.1) is 31.7 Å². The van der Waals surface area contributed by atoms with Crippen LogP contribution in [0, 0.1) is 11.3 Å². The smallest absolute Gasteiger partial charge is 0.260 e. The van der Waals surface area contributed by atoms with E-state index in [0.29, 0.717) is 31.9 Å². The zero-order valence-electron chi connectivity index (χ0n) is 11.5. The largest absolute Gasteiger partial charge is 0.484 e. The van der Waals surface area contributed by atoms with E-state index in [4.69, 9.17) is 14.7 Å². The van der Waals surface area contributed by atoms with Crippen molar-refractivity contribution in [3.63, 3.8) is 0 Å². The van der Waals surface area contributed by atoms with Gasteiger partial charge in [-0.25, -0.2) is 0 Å². The first-order valence-corrected chi connectivity index (χ1v) is 6.66. The fourth-order valence-electron chi connectivity index (χ4n) is 2.12. The summed E-state index contributed by atoms with van der Waals surface area (Å²) in [5.41, 5.74) is 0.938. The van der Waals surface area contributed by atoms with Gasteiger partial charge in [0, 0.05) is 6.54 Å². The van der Waals surface area contributed by atoms with E-state index in [-0.39, 0.29) is 18.6 Å². The van der Waals surface area contributed by atoms with E-state index in [1.165, 1.54) is 0 Å². The van der Waals surface area contributed by atoms with E-state index >= 15 is 0 Å². The molecular weight excluding hydrogens is 256 g/mol. The number of benzene rings is 1. The lowest BCUT2D eigenvalue weighted by Gasteiger charge is -2.33. The molecule has 1 aromatic carbocycles. The Hall–Kier alpha value is -2.06. The second-order valence-electron chi connectivity index (χ2n) is 4.78. The number of hydrogen-bond acceptors (Lipinski definition) is 4.